The summed E-state index contributed by atoms with van der Waals surface area (Å²) < 4.78 is 16.5. The second-order valence-corrected chi connectivity index (χ2v) is 6.32. The highest BCUT2D eigenvalue weighted by molar-refractivity contribution is 5.45. The first kappa shape index (κ1) is 18.2. The van der Waals surface area contributed by atoms with Crippen LogP contribution in [0.4, 0.5) is 0 Å². The third kappa shape index (κ3) is 4.51. The van der Waals surface area contributed by atoms with Crippen LogP contribution in [0.2, 0.25) is 0 Å². The summed E-state index contributed by atoms with van der Waals surface area (Å²) in [5.74, 6) is 2.18. The number of hydrogen-bond donors (Lipinski definition) is 1. The predicted molar refractivity (Wildman–Crippen MR) is 91.1 cm³/mol. The van der Waals surface area contributed by atoms with Crippen LogP contribution < -0.4 is 9.47 Å². The number of carbonyl (C=O) groups excluding carboxylic acids is 1. The second kappa shape index (κ2) is 8.66. The standard InChI is InChI=1S/C18H23N3O5/c1-2-3-4-5-14(10-21(23)11-22)18-20-19-17(26-18)9-13-6-7-15-16(8-13)25-12-24-15/h6-8,11,14,23H,2-5,9-10,12H2,1H3. The summed E-state index contributed by atoms with van der Waals surface area (Å²) in [4.78, 5) is 10.7. The molecule has 2 heterocycles. The predicted octanol–water partition coefficient (Wildman–Crippen LogP) is 2.90. The van der Waals surface area contributed by atoms with Gasteiger partial charge in [-0.05, 0) is 24.1 Å². The van der Waals surface area contributed by atoms with Crippen LogP contribution in [-0.4, -0.2) is 40.2 Å². The highest BCUT2D eigenvalue weighted by atomic mass is 16.7. The molecule has 140 valence electrons. The zero-order valence-electron chi connectivity index (χ0n) is 14.8. The van der Waals surface area contributed by atoms with Crippen molar-refractivity contribution in [3.05, 3.63) is 35.5 Å². The van der Waals surface area contributed by atoms with Gasteiger partial charge in [0.15, 0.2) is 11.5 Å². The lowest BCUT2D eigenvalue weighted by molar-refractivity contribution is -0.151. The highest BCUT2D eigenvalue weighted by Gasteiger charge is 2.21. The van der Waals surface area contributed by atoms with Crippen molar-refractivity contribution in [1.29, 1.82) is 0 Å². The number of benzene rings is 1. The van der Waals surface area contributed by atoms with E-state index in [1.54, 1.807) is 0 Å². The summed E-state index contributed by atoms with van der Waals surface area (Å²) in [6.45, 7) is 2.49. The van der Waals surface area contributed by atoms with Crippen molar-refractivity contribution in [1.82, 2.24) is 15.3 Å². The van der Waals surface area contributed by atoms with Gasteiger partial charge >= 0.3 is 0 Å². The van der Waals surface area contributed by atoms with Gasteiger partial charge in [0.25, 0.3) is 0 Å². The van der Waals surface area contributed by atoms with Crippen LogP contribution in [0.3, 0.4) is 0 Å². The Morgan fingerprint density at radius 2 is 2.12 bits per heavy atom. The fraction of sp³-hybridized carbons (Fsp3) is 0.500. The quantitative estimate of drug-likeness (QED) is 0.301. The molecule has 1 aromatic heterocycles. The van der Waals surface area contributed by atoms with Crippen molar-refractivity contribution in [3.63, 3.8) is 0 Å². The summed E-state index contributed by atoms with van der Waals surface area (Å²) >= 11 is 0. The zero-order chi connectivity index (χ0) is 18.4. The molecule has 0 fully saturated rings. The van der Waals surface area contributed by atoms with E-state index in [1.165, 1.54) is 0 Å². The van der Waals surface area contributed by atoms with Gasteiger partial charge in [-0.3, -0.25) is 10.0 Å². The molecule has 1 atom stereocenters. The van der Waals surface area contributed by atoms with Gasteiger partial charge in [-0.1, -0.05) is 32.3 Å². The molecule has 0 aliphatic carbocycles. The number of nitrogens with zero attached hydrogens (tertiary/aromatic N) is 3. The molecule has 0 radical (unpaired) electrons. The van der Waals surface area contributed by atoms with Gasteiger partial charge in [-0.2, -0.15) is 0 Å². The maximum atomic E-state index is 10.7. The number of carbonyl (C=O) groups is 1. The number of hydroxylamine groups is 2. The average Bonchev–Trinajstić information content (AvgIpc) is 3.30. The van der Waals surface area contributed by atoms with Crippen molar-refractivity contribution in [3.8, 4) is 11.5 Å². The molecule has 2 aromatic rings. The number of ether oxygens (including phenoxy) is 2. The number of rotatable bonds is 10. The second-order valence-electron chi connectivity index (χ2n) is 6.32. The number of fused-ring (bicyclic) bond motifs is 1. The van der Waals surface area contributed by atoms with E-state index < -0.39 is 0 Å². The molecular formula is C18H23N3O5. The van der Waals surface area contributed by atoms with Crippen molar-refractivity contribution in [2.24, 2.45) is 0 Å². The monoisotopic (exact) mass is 361 g/mol. The Balaban J connectivity index is 1.68. The van der Waals surface area contributed by atoms with Crippen molar-refractivity contribution < 1.29 is 23.9 Å². The van der Waals surface area contributed by atoms with E-state index in [1.807, 2.05) is 18.2 Å². The minimum absolute atomic E-state index is 0.138. The Hall–Kier alpha value is -2.61. The van der Waals surface area contributed by atoms with Crippen LogP contribution >= 0.6 is 0 Å². The first-order valence-corrected chi connectivity index (χ1v) is 8.81. The minimum Gasteiger partial charge on any atom is -0.454 e. The molecule has 0 spiro atoms. The summed E-state index contributed by atoms with van der Waals surface area (Å²) in [5, 5.41) is 18.4. The van der Waals surface area contributed by atoms with E-state index in [4.69, 9.17) is 13.9 Å². The van der Waals surface area contributed by atoms with Gasteiger partial charge in [0.05, 0.1) is 18.9 Å². The molecule has 3 rings (SSSR count). The van der Waals surface area contributed by atoms with E-state index in [0.717, 1.165) is 37.0 Å². The smallest absolute Gasteiger partial charge is 0.233 e. The van der Waals surface area contributed by atoms with Crippen LogP contribution in [0.1, 0.15) is 55.9 Å². The Morgan fingerprint density at radius 3 is 2.92 bits per heavy atom. The Morgan fingerprint density at radius 1 is 1.27 bits per heavy atom. The summed E-state index contributed by atoms with van der Waals surface area (Å²) in [7, 11) is 0. The van der Waals surface area contributed by atoms with Gasteiger partial charge < -0.3 is 13.9 Å². The van der Waals surface area contributed by atoms with E-state index >= 15 is 0 Å². The van der Waals surface area contributed by atoms with Crippen LogP contribution in [0.5, 0.6) is 11.5 Å². The van der Waals surface area contributed by atoms with Gasteiger partial charge in [0.1, 0.15) is 0 Å². The molecule has 0 saturated heterocycles. The molecular weight excluding hydrogens is 338 g/mol. The van der Waals surface area contributed by atoms with Gasteiger partial charge in [-0.15, -0.1) is 10.2 Å². The number of aromatic nitrogens is 2. The van der Waals surface area contributed by atoms with Crippen LogP contribution in [0, 0.1) is 0 Å². The lowest BCUT2D eigenvalue weighted by Gasteiger charge is -2.16. The number of unbranched alkanes of at least 4 members (excludes halogenated alkanes) is 2. The molecule has 1 unspecified atom stereocenters. The SMILES string of the molecule is CCCCCC(CN(O)C=O)c1nnc(Cc2ccc3c(c2)OCO3)o1. The summed E-state index contributed by atoms with van der Waals surface area (Å²) in [6.07, 6.45) is 4.75. The topological polar surface area (TPSA) is 97.9 Å². The van der Waals surface area contributed by atoms with Gasteiger partial charge in [0, 0.05) is 0 Å². The number of hydrogen-bond acceptors (Lipinski definition) is 7. The van der Waals surface area contributed by atoms with Crippen molar-refractivity contribution in [2.45, 2.75) is 44.9 Å². The fourth-order valence-electron chi connectivity index (χ4n) is 2.93. The Kier molecular flexibility index (Phi) is 6.06. The van der Waals surface area contributed by atoms with Crippen molar-refractivity contribution >= 4 is 6.41 Å². The largest absolute Gasteiger partial charge is 0.454 e. The molecule has 1 N–H and O–H groups in total. The fourth-order valence-corrected chi connectivity index (χ4v) is 2.93. The molecule has 0 bridgehead atoms. The highest BCUT2D eigenvalue weighted by Crippen LogP contribution is 2.33. The lowest BCUT2D eigenvalue weighted by Crippen LogP contribution is -2.24. The molecule has 26 heavy (non-hydrogen) atoms. The molecule has 1 aliphatic heterocycles. The van der Waals surface area contributed by atoms with E-state index in [2.05, 4.69) is 17.1 Å². The summed E-state index contributed by atoms with van der Waals surface area (Å²) in [5.41, 5.74) is 0.976. The van der Waals surface area contributed by atoms with Crippen LogP contribution in [0.15, 0.2) is 22.6 Å². The molecule has 8 heteroatoms. The van der Waals surface area contributed by atoms with Crippen molar-refractivity contribution in [2.75, 3.05) is 13.3 Å². The lowest BCUT2D eigenvalue weighted by atomic mass is 10.0. The molecule has 0 saturated carbocycles. The molecule has 1 aromatic carbocycles. The third-order valence-corrected chi connectivity index (χ3v) is 4.31. The normalized spacial score (nSPS) is 13.6. The number of amides is 1. The Labute approximate surface area is 151 Å². The first-order valence-electron chi connectivity index (χ1n) is 8.81. The molecule has 8 nitrogen and oxygen atoms in total. The van der Waals surface area contributed by atoms with E-state index in [0.29, 0.717) is 35.4 Å². The summed E-state index contributed by atoms with van der Waals surface area (Å²) in [6, 6.07) is 5.68. The van der Waals surface area contributed by atoms with Crippen LogP contribution in [0.25, 0.3) is 0 Å². The molecule has 1 amide bonds. The van der Waals surface area contributed by atoms with E-state index in [9.17, 15) is 10.0 Å². The van der Waals surface area contributed by atoms with E-state index in [-0.39, 0.29) is 19.3 Å². The maximum absolute atomic E-state index is 10.7. The minimum atomic E-state index is -0.185. The van der Waals surface area contributed by atoms with Crippen LogP contribution in [-0.2, 0) is 11.2 Å². The zero-order valence-corrected chi connectivity index (χ0v) is 14.8. The Bertz CT molecular complexity index is 733. The van der Waals surface area contributed by atoms with Gasteiger partial charge in [-0.25, -0.2) is 5.06 Å². The maximum Gasteiger partial charge on any atom is 0.233 e. The third-order valence-electron chi connectivity index (χ3n) is 4.31. The van der Waals surface area contributed by atoms with Gasteiger partial charge in [0.2, 0.25) is 25.0 Å². The average molecular weight is 361 g/mol. The first-order chi connectivity index (χ1) is 12.7. The molecule has 1 aliphatic rings.